The van der Waals surface area contributed by atoms with Gasteiger partial charge in [0.15, 0.2) is 11.1 Å². The van der Waals surface area contributed by atoms with E-state index in [1.54, 1.807) is 0 Å². The van der Waals surface area contributed by atoms with Crippen molar-refractivity contribution in [2.75, 3.05) is 0 Å². The molecule has 1 saturated heterocycles. The average Bonchev–Trinajstić information content (AvgIpc) is 2.09. The number of terminal acetylenes is 1. The van der Waals surface area contributed by atoms with Crippen LogP contribution in [0.25, 0.3) is 0 Å². The van der Waals surface area contributed by atoms with E-state index in [0.717, 1.165) is 0 Å². The minimum atomic E-state index is -1.17. The van der Waals surface area contributed by atoms with Gasteiger partial charge in [0.1, 0.15) is 0 Å². The lowest BCUT2D eigenvalue weighted by Gasteiger charge is -2.05. The van der Waals surface area contributed by atoms with Gasteiger partial charge in [-0.25, -0.2) is 4.21 Å². The molecule has 56 valence electrons. The van der Waals surface area contributed by atoms with E-state index < -0.39 is 11.1 Å². The standard InChI is InChI=1S/C7H10O2S/c1-4-7-5(2)9-10(8)6(7)3/h1,5-7H,2-3H3. The molecule has 0 aromatic carbocycles. The summed E-state index contributed by atoms with van der Waals surface area (Å²) in [5.41, 5.74) is 0. The van der Waals surface area contributed by atoms with Crippen LogP contribution in [0.5, 0.6) is 0 Å². The highest BCUT2D eigenvalue weighted by Crippen LogP contribution is 2.25. The highest BCUT2D eigenvalue weighted by Gasteiger charge is 2.36. The molecule has 0 aliphatic carbocycles. The number of hydrogen-bond donors (Lipinski definition) is 0. The second-order valence-corrected chi connectivity index (χ2v) is 3.92. The van der Waals surface area contributed by atoms with Crippen LogP contribution in [0.4, 0.5) is 0 Å². The lowest BCUT2D eigenvalue weighted by atomic mass is 10.0. The molecule has 0 saturated carbocycles. The van der Waals surface area contributed by atoms with Gasteiger partial charge in [-0.3, -0.25) is 4.18 Å². The predicted molar refractivity (Wildman–Crippen MR) is 40.5 cm³/mol. The number of hydrogen-bond acceptors (Lipinski definition) is 2. The summed E-state index contributed by atoms with van der Waals surface area (Å²) >= 11 is -1.17. The zero-order valence-corrected chi connectivity index (χ0v) is 6.85. The van der Waals surface area contributed by atoms with E-state index in [9.17, 15) is 4.21 Å². The molecule has 3 heteroatoms. The monoisotopic (exact) mass is 158 g/mol. The zero-order valence-electron chi connectivity index (χ0n) is 6.03. The summed E-state index contributed by atoms with van der Waals surface area (Å²) in [6.45, 7) is 3.70. The van der Waals surface area contributed by atoms with Gasteiger partial charge in [-0.15, -0.1) is 6.42 Å². The first kappa shape index (κ1) is 7.77. The molecule has 0 bridgehead atoms. The summed E-state index contributed by atoms with van der Waals surface area (Å²) in [4.78, 5) is 0. The van der Waals surface area contributed by atoms with Crippen molar-refractivity contribution in [3.05, 3.63) is 0 Å². The fraction of sp³-hybridized carbons (Fsp3) is 0.714. The van der Waals surface area contributed by atoms with Gasteiger partial charge in [0.05, 0.1) is 17.3 Å². The smallest absolute Gasteiger partial charge is 0.160 e. The van der Waals surface area contributed by atoms with Crippen molar-refractivity contribution in [3.8, 4) is 12.3 Å². The minimum absolute atomic E-state index is 0.0139. The molecule has 0 amide bonds. The van der Waals surface area contributed by atoms with Crippen molar-refractivity contribution in [2.45, 2.75) is 25.2 Å². The second kappa shape index (κ2) is 2.73. The summed E-state index contributed by atoms with van der Waals surface area (Å²) in [6.07, 6.45) is 5.16. The van der Waals surface area contributed by atoms with Crippen molar-refractivity contribution in [2.24, 2.45) is 5.92 Å². The van der Waals surface area contributed by atoms with Gasteiger partial charge in [0.25, 0.3) is 0 Å². The fourth-order valence-corrected chi connectivity index (χ4v) is 2.20. The molecular formula is C7H10O2S. The quantitative estimate of drug-likeness (QED) is 0.485. The zero-order chi connectivity index (χ0) is 7.72. The third kappa shape index (κ3) is 1.09. The molecule has 0 N–H and O–H groups in total. The van der Waals surface area contributed by atoms with Crippen LogP contribution in [0.2, 0.25) is 0 Å². The van der Waals surface area contributed by atoms with Gasteiger partial charge in [0, 0.05) is 0 Å². The van der Waals surface area contributed by atoms with Crippen molar-refractivity contribution in [1.82, 2.24) is 0 Å². The molecule has 1 aliphatic heterocycles. The Bertz CT molecular complexity index is 194. The van der Waals surface area contributed by atoms with Crippen molar-refractivity contribution < 1.29 is 8.39 Å². The normalized spacial score (nSPS) is 46.9. The SMILES string of the molecule is C#CC1C(C)OS(=O)C1C. The van der Waals surface area contributed by atoms with E-state index >= 15 is 0 Å². The second-order valence-electron chi connectivity index (χ2n) is 2.46. The van der Waals surface area contributed by atoms with Gasteiger partial charge in [-0.1, -0.05) is 5.92 Å². The Labute approximate surface area is 63.6 Å². The van der Waals surface area contributed by atoms with E-state index in [1.807, 2.05) is 13.8 Å². The summed E-state index contributed by atoms with van der Waals surface area (Å²) in [5.74, 6) is 2.59. The van der Waals surface area contributed by atoms with E-state index in [2.05, 4.69) is 5.92 Å². The highest BCUT2D eigenvalue weighted by atomic mass is 32.2. The van der Waals surface area contributed by atoms with Gasteiger partial charge < -0.3 is 0 Å². The van der Waals surface area contributed by atoms with Gasteiger partial charge in [0.2, 0.25) is 0 Å². The maximum Gasteiger partial charge on any atom is 0.160 e. The van der Waals surface area contributed by atoms with Crippen LogP contribution in [0, 0.1) is 18.3 Å². The Morgan fingerprint density at radius 2 is 2.20 bits per heavy atom. The van der Waals surface area contributed by atoms with Crippen LogP contribution in [0.3, 0.4) is 0 Å². The van der Waals surface area contributed by atoms with Crippen LogP contribution in [0.1, 0.15) is 13.8 Å². The van der Waals surface area contributed by atoms with Crippen LogP contribution in [0.15, 0.2) is 0 Å². The third-order valence-electron chi connectivity index (χ3n) is 1.75. The first-order valence-electron chi connectivity index (χ1n) is 3.20. The lowest BCUT2D eigenvalue weighted by molar-refractivity contribution is 0.241. The van der Waals surface area contributed by atoms with Crippen LogP contribution in [-0.2, 0) is 15.3 Å². The molecule has 2 nitrogen and oxygen atoms in total. The molecule has 0 aromatic heterocycles. The topological polar surface area (TPSA) is 26.3 Å². The summed E-state index contributed by atoms with van der Waals surface area (Å²) in [7, 11) is 0. The van der Waals surface area contributed by atoms with E-state index in [1.165, 1.54) is 0 Å². The molecule has 1 fully saturated rings. The Kier molecular flexibility index (Phi) is 2.12. The molecule has 1 aliphatic rings. The molecular weight excluding hydrogens is 148 g/mol. The first-order valence-corrected chi connectivity index (χ1v) is 4.34. The van der Waals surface area contributed by atoms with Crippen molar-refractivity contribution >= 4 is 11.1 Å². The Balaban J connectivity index is 2.76. The average molecular weight is 158 g/mol. The molecule has 1 heterocycles. The molecule has 0 radical (unpaired) electrons. The lowest BCUT2D eigenvalue weighted by Crippen LogP contribution is -2.17. The molecule has 0 aromatic rings. The maximum atomic E-state index is 10.9. The minimum Gasteiger partial charge on any atom is -0.286 e. The van der Waals surface area contributed by atoms with Crippen LogP contribution in [-0.4, -0.2) is 15.6 Å². The highest BCUT2D eigenvalue weighted by molar-refractivity contribution is 7.81. The molecule has 4 unspecified atom stereocenters. The van der Waals surface area contributed by atoms with Crippen molar-refractivity contribution in [3.63, 3.8) is 0 Å². The third-order valence-corrected chi connectivity index (χ3v) is 3.15. The predicted octanol–water partition coefficient (Wildman–Crippen LogP) is 0.707. The largest absolute Gasteiger partial charge is 0.286 e. The summed E-state index contributed by atoms with van der Waals surface area (Å²) in [5, 5.41) is -0.0139. The van der Waals surface area contributed by atoms with Gasteiger partial charge in [-0.05, 0) is 13.8 Å². The van der Waals surface area contributed by atoms with Gasteiger partial charge >= 0.3 is 0 Å². The summed E-state index contributed by atoms with van der Waals surface area (Å²) < 4.78 is 16.0. The van der Waals surface area contributed by atoms with Crippen molar-refractivity contribution in [1.29, 1.82) is 0 Å². The van der Waals surface area contributed by atoms with Gasteiger partial charge in [-0.2, -0.15) is 0 Å². The van der Waals surface area contributed by atoms with E-state index in [0.29, 0.717) is 0 Å². The van der Waals surface area contributed by atoms with E-state index in [4.69, 9.17) is 10.6 Å². The molecule has 0 spiro atoms. The van der Waals surface area contributed by atoms with Crippen LogP contribution >= 0.6 is 0 Å². The number of rotatable bonds is 0. The van der Waals surface area contributed by atoms with Crippen LogP contribution < -0.4 is 0 Å². The molecule has 10 heavy (non-hydrogen) atoms. The van der Waals surface area contributed by atoms with E-state index in [-0.39, 0.29) is 17.3 Å². The summed E-state index contributed by atoms with van der Waals surface area (Å²) in [6, 6.07) is 0. The Morgan fingerprint density at radius 1 is 1.60 bits per heavy atom. The Hall–Kier alpha value is -0.330. The first-order chi connectivity index (χ1) is 4.66. The fourth-order valence-electron chi connectivity index (χ4n) is 1.07. The Morgan fingerprint density at radius 3 is 2.40 bits per heavy atom. The molecule has 1 rings (SSSR count). The molecule has 4 atom stereocenters. The maximum absolute atomic E-state index is 10.9.